The normalized spacial score (nSPS) is 17.6. The van der Waals surface area contributed by atoms with Crippen molar-refractivity contribution in [1.29, 1.82) is 0 Å². The van der Waals surface area contributed by atoms with Gasteiger partial charge in [0.1, 0.15) is 19.0 Å². The lowest BCUT2D eigenvalue weighted by molar-refractivity contribution is -0.136. The minimum absolute atomic E-state index is 0.0361. The molecule has 2 aliphatic rings. The Hall–Kier alpha value is -3.86. The summed E-state index contributed by atoms with van der Waals surface area (Å²) in [5.41, 5.74) is 6.41. The second kappa shape index (κ2) is 9.18. The Morgan fingerprint density at radius 2 is 1.59 bits per heavy atom. The number of rotatable bonds is 6. The standard InChI is InChI=1S/C29H27NO4/c1-3-20-8-12-23(13-9-20)30-26-18-34-29(32)28(26)25(16-27(30)31)22-10-14-24(15-11-22)33-17-21-6-4-19(2)5-7-21/h4-15,25H,3,16-18H2,1-2H3. The highest BCUT2D eigenvalue weighted by molar-refractivity contribution is 6.06. The van der Waals surface area contributed by atoms with E-state index in [0.717, 1.165) is 29.0 Å². The van der Waals surface area contributed by atoms with Gasteiger partial charge in [-0.1, -0.05) is 61.0 Å². The number of aryl methyl sites for hydroxylation is 2. The summed E-state index contributed by atoms with van der Waals surface area (Å²) in [5.74, 6) is 0.0375. The van der Waals surface area contributed by atoms with Crippen molar-refractivity contribution in [3.05, 3.63) is 106 Å². The zero-order chi connectivity index (χ0) is 23.7. The molecule has 2 heterocycles. The highest BCUT2D eigenvalue weighted by atomic mass is 16.5. The lowest BCUT2D eigenvalue weighted by Crippen LogP contribution is -2.37. The minimum Gasteiger partial charge on any atom is -0.489 e. The third kappa shape index (κ3) is 4.21. The molecule has 0 aromatic heterocycles. The summed E-state index contributed by atoms with van der Waals surface area (Å²) in [6, 6.07) is 23.8. The third-order valence-electron chi connectivity index (χ3n) is 6.53. The molecule has 0 spiro atoms. The van der Waals surface area contributed by atoms with Gasteiger partial charge in [0.2, 0.25) is 5.91 Å². The Balaban J connectivity index is 1.38. The largest absolute Gasteiger partial charge is 0.489 e. The molecule has 5 heteroatoms. The van der Waals surface area contributed by atoms with Gasteiger partial charge in [-0.25, -0.2) is 4.79 Å². The molecule has 0 saturated heterocycles. The van der Waals surface area contributed by atoms with E-state index in [0.29, 0.717) is 17.9 Å². The van der Waals surface area contributed by atoms with E-state index in [1.165, 1.54) is 11.1 Å². The topological polar surface area (TPSA) is 55.8 Å². The lowest BCUT2D eigenvalue weighted by atomic mass is 9.84. The van der Waals surface area contributed by atoms with Gasteiger partial charge >= 0.3 is 5.97 Å². The molecule has 0 bridgehead atoms. The van der Waals surface area contributed by atoms with Crippen molar-refractivity contribution in [1.82, 2.24) is 0 Å². The van der Waals surface area contributed by atoms with Gasteiger partial charge in [-0.05, 0) is 54.3 Å². The molecule has 172 valence electrons. The fourth-order valence-corrected chi connectivity index (χ4v) is 4.57. The molecule has 1 unspecified atom stereocenters. The number of benzene rings is 3. The fourth-order valence-electron chi connectivity index (χ4n) is 4.57. The molecule has 2 aliphatic heterocycles. The number of carbonyl (C=O) groups is 2. The molecule has 1 atom stereocenters. The molecule has 0 aliphatic carbocycles. The first-order valence-corrected chi connectivity index (χ1v) is 11.6. The van der Waals surface area contributed by atoms with Gasteiger partial charge in [-0.15, -0.1) is 0 Å². The van der Waals surface area contributed by atoms with Crippen LogP contribution in [-0.2, 0) is 27.4 Å². The van der Waals surface area contributed by atoms with Crippen molar-refractivity contribution in [2.75, 3.05) is 11.5 Å². The average molecular weight is 454 g/mol. The van der Waals surface area contributed by atoms with E-state index >= 15 is 0 Å². The zero-order valence-electron chi connectivity index (χ0n) is 19.4. The van der Waals surface area contributed by atoms with Crippen LogP contribution in [0.1, 0.15) is 41.5 Å². The van der Waals surface area contributed by atoms with E-state index in [1.807, 2.05) is 48.5 Å². The van der Waals surface area contributed by atoms with Crippen LogP contribution in [-0.4, -0.2) is 18.5 Å². The second-order valence-electron chi connectivity index (χ2n) is 8.79. The van der Waals surface area contributed by atoms with Crippen LogP contribution in [0.25, 0.3) is 0 Å². The number of carbonyl (C=O) groups excluding carboxylic acids is 2. The molecule has 3 aromatic rings. The molecule has 1 amide bonds. The Labute approximate surface area is 199 Å². The van der Waals surface area contributed by atoms with Crippen LogP contribution >= 0.6 is 0 Å². The molecule has 0 radical (unpaired) electrons. The van der Waals surface area contributed by atoms with Crippen molar-refractivity contribution in [3.8, 4) is 5.75 Å². The summed E-state index contributed by atoms with van der Waals surface area (Å²) in [5, 5.41) is 0. The molecule has 0 saturated carbocycles. The summed E-state index contributed by atoms with van der Waals surface area (Å²) < 4.78 is 11.3. The molecule has 5 rings (SSSR count). The highest BCUT2D eigenvalue weighted by Crippen LogP contribution is 2.42. The lowest BCUT2D eigenvalue weighted by Gasteiger charge is -2.32. The van der Waals surface area contributed by atoms with Crippen LogP contribution < -0.4 is 9.64 Å². The first-order chi connectivity index (χ1) is 16.5. The summed E-state index contributed by atoms with van der Waals surface area (Å²) >= 11 is 0. The van der Waals surface area contributed by atoms with Gasteiger partial charge < -0.3 is 9.47 Å². The monoisotopic (exact) mass is 453 g/mol. The molecule has 34 heavy (non-hydrogen) atoms. The second-order valence-corrected chi connectivity index (χ2v) is 8.79. The van der Waals surface area contributed by atoms with E-state index in [4.69, 9.17) is 9.47 Å². The average Bonchev–Trinajstić information content (AvgIpc) is 3.25. The van der Waals surface area contributed by atoms with Crippen LogP contribution in [0.15, 0.2) is 84.1 Å². The Bertz CT molecular complexity index is 1240. The van der Waals surface area contributed by atoms with Crippen LogP contribution in [0.4, 0.5) is 5.69 Å². The Kier molecular flexibility index (Phi) is 5.93. The van der Waals surface area contributed by atoms with E-state index < -0.39 is 0 Å². The first kappa shape index (κ1) is 22.0. The number of cyclic esters (lactones) is 1. The molecular formula is C29H27NO4. The zero-order valence-corrected chi connectivity index (χ0v) is 19.4. The predicted octanol–water partition coefficient (Wildman–Crippen LogP) is 5.47. The number of anilines is 1. The maximum absolute atomic E-state index is 13.2. The summed E-state index contributed by atoms with van der Waals surface area (Å²) in [6.45, 7) is 4.74. The van der Waals surface area contributed by atoms with Gasteiger partial charge in [0, 0.05) is 18.0 Å². The number of nitrogens with zero attached hydrogens (tertiary/aromatic N) is 1. The number of hydrogen-bond acceptors (Lipinski definition) is 4. The third-order valence-corrected chi connectivity index (χ3v) is 6.53. The molecule has 3 aromatic carbocycles. The van der Waals surface area contributed by atoms with Crippen LogP contribution in [0.5, 0.6) is 5.75 Å². The first-order valence-electron chi connectivity index (χ1n) is 11.6. The summed E-state index contributed by atoms with van der Waals surface area (Å²) in [6.07, 6.45) is 1.14. The Morgan fingerprint density at radius 3 is 2.26 bits per heavy atom. The van der Waals surface area contributed by atoms with Gasteiger partial charge in [-0.3, -0.25) is 9.69 Å². The number of esters is 1. The maximum Gasteiger partial charge on any atom is 0.336 e. The van der Waals surface area contributed by atoms with Crippen molar-refractivity contribution in [2.45, 2.75) is 39.2 Å². The van der Waals surface area contributed by atoms with E-state index in [9.17, 15) is 9.59 Å². The predicted molar refractivity (Wildman–Crippen MR) is 131 cm³/mol. The van der Waals surface area contributed by atoms with Crippen molar-refractivity contribution < 1.29 is 19.1 Å². The van der Waals surface area contributed by atoms with Crippen molar-refractivity contribution in [2.24, 2.45) is 0 Å². The fraction of sp³-hybridized carbons (Fsp3) is 0.241. The van der Waals surface area contributed by atoms with E-state index in [-0.39, 0.29) is 30.8 Å². The van der Waals surface area contributed by atoms with Gasteiger partial charge in [0.25, 0.3) is 0 Å². The molecule has 0 N–H and O–H groups in total. The molecule has 0 fully saturated rings. The summed E-state index contributed by atoms with van der Waals surface area (Å²) in [7, 11) is 0. The number of amides is 1. The quantitative estimate of drug-likeness (QED) is 0.465. The van der Waals surface area contributed by atoms with E-state index in [1.54, 1.807) is 4.90 Å². The SMILES string of the molecule is CCc1ccc(N2C(=O)CC(c3ccc(OCc4ccc(C)cc4)cc3)C3=C2COC3=O)cc1. The Morgan fingerprint density at radius 1 is 0.912 bits per heavy atom. The smallest absolute Gasteiger partial charge is 0.336 e. The number of hydrogen-bond donors (Lipinski definition) is 0. The maximum atomic E-state index is 13.2. The van der Waals surface area contributed by atoms with Gasteiger partial charge in [-0.2, -0.15) is 0 Å². The van der Waals surface area contributed by atoms with Crippen LogP contribution in [0, 0.1) is 6.92 Å². The van der Waals surface area contributed by atoms with Crippen molar-refractivity contribution in [3.63, 3.8) is 0 Å². The van der Waals surface area contributed by atoms with Gasteiger partial charge in [0.15, 0.2) is 0 Å². The van der Waals surface area contributed by atoms with Crippen molar-refractivity contribution >= 4 is 17.6 Å². The van der Waals surface area contributed by atoms with Gasteiger partial charge in [0.05, 0.1) is 11.3 Å². The minimum atomic E-state index is -0.345. The highest BCUT2D eigenvalue weighted by Gasteiger charge is 2.42. The summed E-state index contributed by atoms with van der Waals surface area (Å²) in [4.78, 5) is 27.6. The van der Waals surface area contributed by atoms with Crippen LogP contribution in [0.3, 0.4) is 0 Å². The number of ether oxygens (including phenoxy) is 2. The molecule has 5 nitrogen and oxygen atoms in total. The molecular weight excluding hydrogens is 426 g/mol. The van der Waals surface area contributed by atoms with Crippen LogP contribution in [0.2, 0.25) is 0 Å². The van der Waals surface area contributed by atoms with E-state index in [2.05, 4.69) is 38.1 Å².